The molecule has 0 N–H and O–H groups in total. The van der Waals surface area contributed by atoms with Gasteiger partial charge in [-0.15, -0.1) is 22.7 Å². The Morgan fingerprint density at radius 3 is 2.43 bits per heavy atom. The van der Waals surface area contributed by atoms with E-state index >= 15 is 0 Å². The molecule has 0 unspecified atom stereocenters. The molecule has 0 saturated heterocycles. The summed E-state index contributed by atoms with van der Waals surface area (Å²) in [5.41, 5.74) is 0. The molecule has 0 heterocycles. The summed E-state index contributed by atoms with van der Waals surface area (Å²) in [5, 5.41) is 8.24. The molecular weight excluding hydrogens is 138 g/mol. The quantitative estimate of drug-likeness (QED) is 0.247. The van der Waals surface area contributed by atoms with E-state index in [4.69, 9.17) is 0 Å². The molecule has 0 rings (SSSR count). The first-order valence-electron chi connectivity index (χ1n) is 1.18. The van der Waals surface area contributed by atoms with Crippen molar-refractivity contribution in [3.8, 4) is 0 Å². The van der Waals surface area contributed by atoms with Gasteiger partial charge in [-0.3, -0.25) is 4.84 Å². The van der Waals surface area contributed by atoms with Gasteiger partial charge in [0, 0.05) is 0 Å². The molecule has 0 aliphatic carbocycles. The van der Waals surface area contributed by atoms with Gasteiger partial charge in [0.15, 0.2) is 0 Å². The van der Waals surface area contributed by atoms with Gasteiger partial charge in [-0.25, -0.2) is 0 Å². The van der Waals surface area contributed by atoms with Gasteiger partial charge in [0.2, 0.25) is 4.38 Å². The van der Waals surface area contributed by atoms with Gasteiger partial charge in [0.1, 0.15) is 0 Å². The Labute approximate surface area is 50.0 Å². The predicted molar refractivity (Wildman–Crippen MR) is 29.7 cm³/mol. The van der Waals surface area contributed by atoms with Crippen LogP contribution in [0.4, 0.5) is 0 Å². The lowest BCUT2D eigenvalue weighted by atomic mass is 11.7. The van der Waals surface area contributed by atoms with Crippen LogP contribution in [0.1, 0.15) is 0 Å². The summed E-state index contributed by atoms with van der Waals surface area (Å²) >= 11 is 7.38. The highest BCUT2D eigenvalue weighted by molar-refractivity contribution is 8.10. The smallest absolute Gasteiger partial charge is 0.258 e. The van der Waals surface area contributed by atoms with E-state index in [2.05, 4.69) is 29.7 Å². The minimum absolute atomic E-state index is 0.384. The highest BCUT2D eigenvalue weighted by Crippen LogP contribution is 1.84. The van der Waals surface area contributed by atoms with Crippen molar-refractivity contribution in [2.75, 3.05) is 0 Å². The second kappa shape index (κ2) is 2.75. The summed E-state index contributed by atoms with van der Waals surface area (Å²) in [6.07, 6.45) is 0. The zero-order valence-corrected chi connectivity index (χ0v) is 4.74. The maximum absolute atomic E-state index is 9.26. The number of thiol groups is 1. The molecule has 0 fully saturated rings. The summed E-state index contributed by atoms with van der Waals surface area (Å²) in [6, 6.07) is 0. The fraction of sp³-hybridized carbons (Fsp3) is 0. The van der Waals surface area contributed by atoms with Crippen LogP contribution in [0.15, 0.2) is 0 Å². The minimum atomic E-state index is -1.02. The highest BCUT2D eigenvalue weighted by atomic mass is 32.1. The molecule has 0 aromatic rings. The number of nitrogens with zero attached hydrogens (tertiary/aromatic N) is 1. The Morgan fingerprint density at radius 2 is 2.43 bits per heavy atom. The van der Waals surface area contributed by atoms with Crippen molar-refractivity contribution in [2.24, 2.45) is 0 Å². The van der Waals surface area contributed by atoms with Crippen LogP contribution in [0.25, 0.3) is 0 Å². The van der Waals surface area contributed by atoms with E-state index in [9.17, 15) is 10.1 Å². The molecule has 0 spiro atoms. The molecule has 0 amide bonds. The number of rotatable bonds is 1. The van der Waals surface area contributed by atoms with Gasteiger partial charge < -0.3 is 0 Å². The Balaban J connectivity index is 3.32. The lowest BCUT2D eigenvalue weighted by Gasteiger charge is -1.85. The van der Waals surface area contributed by atoms with Crippen molar-refractivity contribution in [3.63, 3.8) is 0 Å². The summed E-state index contributed by atoms with van der Waals surface area (Å²) in [7, 11) is 0. The Bertz CT molecular complexity index is 89.1. The van der Waals surface area contributed by atoms with Crippen LogP contribution in [-0.4, -0.2) is 9.47 Å². The van der Waals surface area contributed by atoms with Gasteiger partial charge in [-0.2, -0.15) is 0 Å². The van der Waals surface area contributed by atoms with Crippen LogP contribution in [0, 0.1) is 10.1 Å². The van der Waals surface area contributed by atoms with Crippen LogP contribution >= 0.6 is 24.8 Å². The first-order valence-corrected chi connectivity index (χ1v) is 2.04. The van der Waals surface area contributed by atoms with E-state index in [0.29, 0.717) is 0 Å². The molecule has 0 radical (unpaired) electrons. The third-order valence-electron chi connectivity index (χ3n) is 0.153. The van der Waals surface area contributed by atoms with Crippen molar-refractivity contribution in [1.82, 2.24) is 0 Å². The summed E-state index contributed by atoms with van der Waals surface area (Å²) < 4.78 is -0.384. The van der Waals surface area contributed by atoms with Crippen LogP contribution in [0.2, 0.25) is 0 Å². The van der Waals surface area contributed by atoms with E-state index in [0.717, 1.165) is 0 Å². The van der Waals surface area contributed by atoms with Gasteiger partial charge in [0.05, 0.1) is 0 Å². The van der Waals surface area contributed by atoms with E-state index in [1.807, 2.05) is 0 Å². The van der Waals surface area contributed by atoms with E-state index in [1.54, 1.807) is 0 Å². The molecular formula is CHNO3S2. The molecule has 0 aromatic heterocycles. The summed E-state index contributed by atoms with van der Waals surface area (Å²) in [6.45, 7) is 0. The van der Waals surface area contributed by atoms with Crippen LogP contribution in [-0.2, 0) is 4.84 Å². The highest BCUT2D eigenvalue weighted by Gasteiger charge is 1.92. The molecule has 0 aliphatic heterocycles. The van der Waals surface area contributed by atoms with E-state index in [-0.39, 0.29) is 4.38 Å². The monoisotopic (exact) mass is 139 g/mol. The summed E-state index contributed by atoms with van der Waals surface area (Å²) in [4.78, 5) is 12.8. The average Bonchev–Trinajstić information content (AvgIpc) is 1.27. The second-order valence-electron chi connectivity index (χ2n) is 0.581. The fourth-order valence-corrected chi connectivity index (χ4v) is 0.191. The van der Waals surface area contributed by atoms with E-state index < -0.39 is 5.09 Å². The van der Waals surface area contributed by atoms with Crippen LogP contribution in [0.3, 0.4) is 0 Å². The maximum atomic E-state index is 9.26. The topological polar surface area (TPSA) is 52.4 Å². The molecule has 7 heavy (non-hydrogen) atoms. The Kier molecular flexibility index (Phi) is 2.61. The van der Waals surface area contributed by atoms with Gasteiger partial charge in [-0.05, 0) is 12.2 Å². The first kappa shape index (κ1) is 6.64. The average molecular weight is 139 g/mol. The number of hydrogen-bond donors (Lipinski definition) is 1. The Morgan fingerprint density at radius 1 is 2.00 bits per heavy atom. The number of hydrogen-bond acceptors (Lipinski definition) is 4. The maximum Gasteiger partial charge on any atom is 0.301 e. The molecule has 0 bridgehead atoms. The third-order valence-corrected chi connectivity index (χ3v) is 0.309. The van der Waals surface area contributed by atoms with Gasteiger partial charge in [0.25, 0.3) is 0 Å². The minimum Gasteiger partial charge on any atom is -0.258 e. The predicted octanol–water partition coefficient (Wildman–Crippen LogP) is 0.409. The van der Waals surface area contributed by atoms with Crippen LogP contribution in [0.5, 0.6) is 0 Å². The van der Waals surface area contributed by atoms with Gasteiger partial charge in [-0.1, -0.05) is 0 Å². The fourth-order valence-electron chi connectivity index (χ4n) is 0.0638. The lowest BCUT2D eigenvalue weighted by molar-refractivity contribution is -0.721. The third kappa shape index (κ3) is 5.64. The first-order chi connectivity index (χ1) is 3.13. The molecule has 40 valence electrons. The standard InChI is InChI=1S/CHNO3S2/c3-2(4)5-1(6)7/h(H,6,7). The zero-order valence-electron chi connectivity index (χ0n) is 3.03. The van der Waals surface area contributed by atoms with Crippen molar-refractivity contribution < 1.29 is 9.92 Å². The number of thiocarbonyl (C=S) groups is 1. The molecule has 0 atom stereocenters. The van der Waals surface area contributed by atoms with Crippen LogP contribution < -0.4 is 0 Å². The molecule has 0 aromatic carbocycles. The molecule has 0 saturated carbocycles. The molecule has 6 heteroatoms. The lowest BCUT2D eigenvalue weighted by Crippen LogP contribution is -2.00. The second-order valence-corrected chi connectivity index (χ2v) is 1.66. The molecule has 0 aliphatic rings. The van der Waals surface area contributed by atoms with Crippen molar-refractivity contribution in [1.29, 1.82) is 0 Å². The molecule has 4 nitrogen and oxygen atoms in total. The zero-order chi connectivity index (χ0) is 5.86. The van der Waals surface area contributed by atoms with Crippen molar-refractivity contribution >= 4 is 29.2 Å². The normalized spacial score (nSPS) is 7.57. The van der Waals surface area contributed by atoms with Crippen molar-refractivity contribution in [3.05, 3.63) is 10.1 Å². The summed E-state index contributed by atoms with van der Waals surface area (Å²) in [5.74, 6) is 0. The SMILES string of the molecule is O=[N+]([O-])OC(=S)S. The largest absolute Gasteiger partial charge is 0.301 e. The van der Waals surface area contributed by atoms with E-state index in [1.165, 1.54) is 0 Å². The van der Waals surface area contributed by atoms with Crippen molar-refractivity contribution in [2.45, 2.75) is 0 Å². The van der Waals surface area contributed by atoms with Gasteiger partial charge >= 0.3 is 5.09 Å². The Hall–Kier alpha value is -0.360.